The van der Waals surface area contributed by atoms with Crippen molar-refractivity contribution in [3.8, 4) is 0 Å². The molecular formula is C16H18N2O4S. The Balaban J connectivity index is 2.36. The summed E-state index contributed by atoms with van der Waals surface area (Å²) in [6.07, 6.45) is 0.531. The fourth-order valence-corrected chi connectivity index (χ4v) is 3.75. The summed E-state index contributed by atoms with van der Waals surface area (Å²) >= 11 is 0. The third kappa shape index (κ3) is 3.94. The van der Waals surface area contributed by atoms with Crippen LogP contribution in [0.1, 0.15) is 30.5 Å². The van der Waals surface area contributed by atoms with Gasteiger partial charge in [-0.1, -0.05) is 48.9 Å². The van der Waals surface area contributed by atoms with E-state index in [1.807, 2.05) is 38.1 Å². The SMILES string of the molecule is CCC(NS(=O)(=O)c1ccccc1[N+](=O)[O-])c1ccc(C)cc1. The molecule has 1 N–H and O–H groups in total. The van der Waals surface area contributed by atoms with E-state index >= 15 is 0 Å². The Bertz CT molecular complexity index is 801. The van der Waals surface area contributed by atoms with E-state index in [4.69, 9.17) is 0 Å². The van der Waals surface area contributed by atoms with Gasteiger partial charge in [0, 0.05) is 12.1 Å². The second-order valence-electron chi connectivity index (χ2n) is 5.22. The van der Waals surface area contributed by atoms with Gasteiger partial charge in [0.05, 0.1) is 4.92 Å². The molecule has 0 spiro atoms. The zero-order valence-electron chi connectivity index (χ0n) is 12.9. The van der Waals surface area contributed by atoms with Gasteiger partial charge in [-0.2, -0.15) is 0 Å². The summed E-state index contributed by atoms with van der Waals surface area (Å²) in [5, 5.41) is 11.0. The third-order valence-corrected chi connectivity index (χ3v) is 5.06. The Hall–Kier alpha value is -2.25. The Morgan fingerprint density at radius 3 is 2.30 bits per heavy atom. The van der Waals surface area contributed by atoms with Gasteiger partial charge in [0.1, 0.15) is 0 Å². The summed E-state index contributed by atoms with van der Waals surface area (Å²) in [4.78, 5) is 10.0. The molecule has 6 nitrogen and oxygen atoms in total. The van der Waals surface area contributed by atoms with Crippen molar-refractivity contribution in [1.29, 1.82) is 0 Å². The lowest BCUT2D eigenvalue weighted by molar-refractivity contribution is -0.387. The Morgan fingerprint density at radius 2 is 1.74 bits per heavy atom. The van der Waals surface area contributed by atoms with Crippen LogP contribution in [-0.2, 0) is 10.0 Å². The predicted molar refractivity (Wildman–Crippen MR) is 87.6 cm³/mol. The molecule has 2 rings (SSSR count). The molecule has 7 heteroatoms. The lowest BCUT2D eigenvalue weighted by Gasteiger charge is -2.17. The predicted octanol–water partition coefficient (Wildman–Crippen LogP) is 3.33. The summed E-state index contributed by atoms with van der Waals surface area (Å²) in [6.45, 7) is 3.80. The van der Waals surface area contributed by atoms with Crippen molar-refractivity contribution in [2.45, 2.75) is 31.2 Å². The van der Waals surface area contributed by atoms with E-state index < -0.39 is 26.7 Å². The van der Waals surface area contributed by atoms with Crippen molar-refractivity contribution in [3.05, 3.63) is 69.8 Å². The molecule has 0 heterocycles. The summed E-state index contributed by atoms with van der Waals surface area (Å²) in [5.74, 6) is 0. The van der Waals surface area contributed by atoms with Gasteiger partial charge >= 0.3 is 0 Å². The van der Waals surface area contributed by atoms with Gasteiger partial charge < -0.3 is 0 Å². The molecule has 0 saturated carbocycles. The molecule has 23 heavy (non-hydrogen) atoms. The van der Waals surface area contributed by atoms with E-state index in [1.54, 1.807) is 0 Å². The van der Waals surface area contributed by atoms with Gasteiger partial charge in [-0.05, 0) is 25.0 Å². The first kappa shape index (κ1) is 17.1. The number of nitro benzene ring substituents is 1. The van der Waals surface area contributed by atoms with Crippen molar-refractivity contribution in [2.24, 2.45) is 0 Å². The fraction of sp³-hybridized carbons (Fsp3) is 0.250. The molecule has 122 valence electrons. The second kappa shape index (κ2) is 6.89. The first-order valence-corrected chi connectivity index (χ1v) is 8.65. The molecule has 2 aromatic rings. The molecule has 0 saturated heterocycles. The lowest BCUT2D eigenvalue weighted by atomic mass is 10.0. The van der Waals surface area contributed by atoms with Crippen molar-refractivity contribution in [2.75, 3.05) is 0 Å². The largest absolute Gasteiger partial charge is 0.289 e. The maximum atomic E-state index is 12.6. The quantitative estimate of drug-likeness (QED) is 0.648. The number of hydrogen-bond acceptors (Lipinski definition) is 4. The molecule has 1 unspecified atom stereocenters. The van der Waals surface area contributed by atoms with Crippen molar-refractivity contribution < 1.29 is 13.3 Å². The van der Waals surface area contributed by atoms with E-state index in [-0.39, 0.29) is 4.90 Å². The fourth-order valence-electron chi connectivity index (χ4n) is 2.27. The number of aryl methyl sites for hydroxylation is 1. The normalized spacial score (nSPS) is 12.8. The molecule has 1 atom stereocenters. The van der Waals surface area contributed by atoms with Crippen LogP contribution in [0.4, 0.5) is 5.69 Å². The minimum atomic E-state index is -4.00. The average Bonchev–Trinajstić information content (AvgIpc) is 2.53. The van der Waals surface area contributed by atoms with Crippen LogP contribution in [-0.4, -0.2) is 13.3 Å². The van der Waals surface area contributed by atoms with Crippen LogP contribution in [0.25, 0.3) is 0 Å². The highest BCUT2D eigenvalue weighted by atomic mass is 32.2. The number of sulfonamides is 1. The van der Waals surface area contributed by atoms with Crippen molar-refractivity contribution >= 4 is 15.7 Å². The first-order chi connectivity index (χ1) is 10.8. The van der Waals surface area contributed by atoms with E-state index in [0.717, 1.165) is 11.1 Å². The highest BCUT2D eigenvalue weighted by molar-refractivity contribution is 7.89. The van der Waals surface area contributed by atoms with E-state index in [1.165, 1.54) is 24.3 Å². The van der Waals surface area contributed by atoms with Crippen LogP contribution < -0.4 is 4.72 Å². The zero-order valence-corrected chi connectivity index (χ0v) is 13.7. The number of benzene rings is 2. The van der Waals surface area contributed by atoms with E-state index in [2.05, 4.69) is 4.72 Å². The Kier molecular flexibility index (Phi) is 5.12. The van der Waals surface area contributed by atoms with Gasteiger partial charge in [-0.25, -0.2) is 13.1 Å². The molecule has 0 aliphatic heterocycles. The van der Waals surface area contributed by atoms with Crippen LogP contribution in [0.5, 0.6) is 0 Å². The molecule has 2 aromatic carbocycles. The number of nitrogens with zero attached hydrogens (tertiary/aromatic N) is 1. The topological polar surface area (TPSA) is 89.3 Å². The van der Waals surface area contributed by atoms with Crippen LogP contribution in [0.15, 0.2) is 53.4 Å². The van der Waals surface area contributed by atoms with Crippen LogP contribution in [0.3, 0.4) is 0 Å². The zero-order chi connectivity index (χ0) is 17.0. The molecule has 0 aliphatic carbocycles. The molecule has 0 bridgehead atoms. The average molecular weight is 334 g/mol. The second-order valence-corrected chi connectivity index (χ2v) is 6.90. The van der Waals surface area contributed by atoms with Gasteiger partial charge in [-0.3, -0.25) is 10.1 Å². The molecular weight excluding hydrogens is 316 g/mol. The minimum Gasteiger partial charge on any atom is -0.258 e. The van der Waals surface area contributed by atoms with Gasteiger partial charge in [0.25, 0.3) is 5.69 Å². The summed E-state index contributed by atoms with van der Waals surface area (Å²) in [6, 6.07) is 12.4. The van der Waals surface area contributed by atoms with Gasteiger partial charge in [0.2, 0.25) is 10.0 Å². The third-order valence-electron chi connectivity index (χ3n) is 3.54. The Morgan fingerprint density at radius 1 is 1.13 bits per heavy atom. The maximum Gasteiger partial charge on any atom is 0.289 e. The monoisotopic (exact) mass is 334 g/mol. The number of rotatable bonds is 6. The van der Waals surface area contributed by atoms with Crippen LogP contribution in [0, 0.1) is 17.0 Å². The van der Waals surface area contributed by atoms with E-state index in [0.29, 0.717) is 6.42 Å². The number of hydrogen-bond donors (Lipinski definition) is 1. The molecule has 0 aromatic heterocycles. The molecule has 0 fully saturated rings. The highest BCUT2D eigenvalue weighted by Gasteiger charge is 2.27. The minimum absolute atomic E-state index is 0.324. The molecule has 0 aliphatic rings. The summed E-state index contributed by atoms with van der Waals surface area (Å²) in [5.41, 5.74) is 1.46. The van der Waals surface area contributed by atoms with Crippen LogP contribution >= 0.6 is 0 Å². The number of para-hydroxylation sites is 1. The highest BCUT2D eigenvalue weighted by Crippen LogP contribution is 2.26. The number of nitro groups is 1. The number of nitrogens with one attached hydrogen (secondary N) is 1. The lowest BCUT2D eigenvalue weighted by Crippen LogP contribution is -2.28. The standard InChI is InChI=1S/C16H18N2O4S/c1-3-14(13-10-8-12(2)9-11-13)17-23(21,22)16-7-5-4-6-15(16)18(19)20/h4-11,14,17H,3H2,1-2H3. The molecule has 0 radical (unpaired) electrons. The van der Waals surface area contributed by atoms with Gasteiger partial charge in [0.15, 0.2) is 4.90 Å². The summed E-state index contributed by atoms with van der Waals surface area (Å²) in [7, 11) is -4.00. The van der Waals surface area contributed by atoms with Crippen molar-refractivity contribution in [1.82, 2.24) is 4.72 Å². The molecule has 0 amide bonds. The smallest absolute Gasteiger partial charge is 0.258 e. The Labute approximate surface area is 135 Å². The first-order valence-electron chi connectivity index (χ1n) is 7.17. The van der Waals surface area contributed by atoms with Crippen LogP contribution in [0.2, 0.25) is 0 Å². The maximum absolute atomic E-state index is 12.6. The van der Waals surface area contributed by atoms with E-state index in [9.17, 15) is 18.5 Å². The van der Waals surface area contributed by atoms with Gasteiger partial charge in [-0.15, -0.1) is 0 Å². The summed E-state index contributed by atoms with van der Waals surface area (Å²) < 4.78 is 27.7. The van der Waals surface area contributed by atoms with Crippen molar-refractivity contribution in [3.63, 3.8) is 0 Å².